The first kappa shape index (κ1) is 12.2. The quantitative estimate of drug-likeness (QED) is 0.786. The maximum Gasteiger partial charge on any atom is 0.153 e. The molecule has 1 aromatic carbocycles. The van der Waals surface area contributed by atoms with Crippen LogP contribution in [0.3, 0.4) is 0 Å². The molecule has 0 bridgehead atoms. The molecule has 0 aromatic heterocycles. The molecule has 0 heterocycles. The third-order valence-corrected chi connectivity index (χ3v) is 4.01. The van der Waals surface area contributed by atoms with Crippen LogP contribution in [0.2, 0.25) is 0 Å². The van der Waals surface area contributed by atoms with Crippen molar-refractivity contribution in [2.75, 3.05) is 0 Å². The fourth-order valence-electron chi connectivity index (χ4n) is 2.91. The molecule has 1 aromatic rings. The number of phenolic OH excluding ortho intramolecular Hbond substituents is 1. The van der Waals surface area contributed by atoms with Crippen molar-refractivity contribution in [3.63, 3.8) is 0 Å². The van der Waals surface area contributed by atoms with Crippen molar-refractivity contribution < 1.29 is 9.90 Å². The lowest BCUT2D eigenvalue weighted by Gasteiger charge is -2.32. The van der Waals surface area contributed by atoms with Crippen molar-refractivity contribution in [3.8, 4) is 5.75 Å². The van der Waals surface area contributed by atoms with E-state index in [1.54, 1.807) is 6.07 Å². The fourth-order valence-corrected chi connectivity index (χ4v) is 2.91. The molecular weight excluding hydrogens is 212 g/mol. The lowest BCUT2D eigenvalue weighted by molar-refractivity contribution is 0.112. The van der Waals surface area contributed by atoms with E-state index in [9.17, 15) is 9.90 Å². The summed E-state index contributed by atoms with van der Waals surface area (Å²) in [4.78, 5) is 10.9. The van der Waals surface area contributed by atoms with E-state index in [0.717, 1.165) is 12.7 Å². The summed E-state index contributed by atoms with van der Waals surface area (Å²) in [5, 5.41) is 9.78. The highest BCUT2D eigenvalue weighted by molar-refractivity contribution is 5.80. The first-order valence-corrected chi connectivity index (χ1v) is 6.36. The molecule has 92 valence electrons. The Bertz CT molecular complexity index is 435. The Morgan fingerprint density at radius 3 is 2.59 bits per heavy atom. The van der Waals surface area contributed by atoms with Crippen LogP contribution in [0.4, 0.5) is 0 Å². The van der Waals surface area contributed by atoms with Gasteiger partial charge in [0, 0.05) is 0 Å². The summed E-state index contributed by atoms with van der Waals surface area (Å²) in [7, 11) is 0. The van der Waals surface area contributed by atoms with Gasteiger partial charge in [-0.3, -0.25) is 4.79 Å². The first-order chi connectivity index (χ1) is 8.04. The highest BCUT2D eigenvalue weighted by atomic mass is 16.3. The van der Waals surface area contributed by atoms with Gasteiger partial charge in [0.2, 0.25) is 0 Å². The molecule has 2 unspecified atom stereocenters. The second-order valence-electron chi connectivity index (χ2n) is 5.49. The Balaban J connectivity index is 2.56. The van der Waals surface area contributed by atoms with Gasteiger partial charge in [0.15, 0.2) is 6.29 Å². The minimum atomic E-state index is 0.120. The summed E-state index contributed by atoms with van der Waals surface area (Å²) in [5.41, 5.74) is 2.90. The Morgan fingerprint density at radius 1 is 1.29 bits per heavy atom. The topological polar surface area (TPSA) is 37.3 Å². The molecule has 0 amide bonds. The van der Waals surface area contributed by atoms with Crippen LogP contribution in [0.5, 0.6) is 5.75 Å². The maximum absolute atomic E-state index is 10.9. The summed E-state index contributed by atoms with van der Waals surface area (Å²) >= 11 is 0. The third-order valence-electron chi connectivity index (χ3n) is 4.01. The molecule has 0 aliphatic heterocycles. The molecule has 0 fully saturated rings. The first-order valence-electron chi connectivity index (χ1n) is 6.36. The van der Waals surface area contributed by atoms with E-state index in [-0.39, 0.29) is 5.75 Å². The predicted molar refractivity (Wildman–Crippen MR) is 68.7 cm³/mol. The molecule has 0 spiro atoms. The van der Waals surface area contributed by atoms with Crippen molar-refractivity contribution in [2.24, 2.45) is 5.92 Å². The summed E-state index contributed by atoms with van der Waals surface area (Å²) in [6, 6.07) is 3.68. The monoisotopic (exact) mass is 232 g/mol. The Morgan fingerprint density at radius 2 is 2.00 bits per heavy atom. The third kappa shape index (κ3) is 2.08. The van der Waals surface area contributed by atoms with Crippen molar-refractivity contribution in [2.45, 2.75) is 45.4 Å². The van der Waals surface area contributed by atoms with Crippen LogP contribution in [0, 0.1) is 5.92 Å². The molecule has 1 aliphatic carbocycles. The molecule has 0 radical (unpaired) electrons. The van der Waals surface area contributed by atoms with Crippen LogP contribution in [0.25, 0.3) is 0 Å². The zero-order valence-corrected chi connectivity index (χ0v) is 10.7. The highest BCUT2D eigenvalue weighted by Crippen LogP contribution is 2.43. The van der Waals surface area contributed by atoms with Crippen LogP contribution in [-0.4, -0.2) is 11.4 Å². The van der Waals surface area contributed by atoms with E-state index in [1.165, 1.54) is 17.5 Å². The second kappa shape index (κ2) is 4.52. The van der Waals surface area contributed by atoms with Gasteiger partial charge in [0.25, 0.3) is 0 Å². The van der Waals surface area contributed by atoms with E-state index < -0.39 is 0 Å². The lowest BCUT2D eigenvalue weighted by Crippen LogP contribution is -2.17. The molecule has 2 heteroatoms. The number of carbonyl (C=O) groups excluding carboxylic acids is 1. The average Bonchev–Trinajstić information content (AvgIpc) is 2.29. The van der Waals surface area contributed by atoms with Crippen LogP contribution >= 0.6 is 0 Å². The number of aldehydes is 1. The van der Waals surface area contributed by atoms with E-state index in [0.29, 0.717) is 23.3 Å². The summed E-state index contributed by atoms with van der Waals surface area (Å²) in [6.07, 6.45) is 3.08. The Labute approximate surface area is 103 Å². The van der Waals surface area contributed by atoms with Gasteiger partial charge in [-0.2, -0.15) is 0 Å². The number of hydrogen-bond acceptors (Lipinski definition) is 2. The van der Waals surface area contributed by atoms with Gasteiger partial charge in [0.05, 0.1) is 5.56 Å². The Hall–Kier alpha value is -1.31. The largest absolute Gasteiger partial charge is 0.507 e. The molecule has 2 atom stereocenters. The minimum Gasteiger partial charge on any atom is -0.507 e. The summed E-state index contributed by atoms with van der Waals surface area (Å²) in [6.45, 7) is 6.63. The molecule has 0 saturated heterocycles. The fraction of sp³-hybridized carbons (Fsp3) is 0.533. The van der Waals surface area contributed by atoms with Gasteiger partial charge in [-0.05, 0) is 53.9 Å². The van der Waals surface area contributed by atoms with Gasteiger partial charge in [-0.25, -0.2) is 0 Å². The van der Waals surface area contributed by atoms with Gasteiger partial charge in [0.1, 0.15) is 5.75 Å². The lowest BCUT2D eigenvalue weighted by atomic mass is 9.72. The molecule has 1 aliphatic rings. The van der Waals surface area contributed by atoms with Crippen LogP contribution < -0.4 is 0 Å². The van der Waals surface area contributed by atoms with E-state index in [1.807, 2.05) is 6.07 Å². The van der Waals surface area contributed by atoms with Crippen molar-refractivity contribution in [1.82, 2.24) is 0 Å². The number of aromatic hydroxyl groups is 1. The zero-order valence-electron chi connectivity index (χ0n) is 10.7. The number of rotatable bonds is 2. The SMILES string of the molecule is CC1CCC(C(C)C)c2cc(C=O)c(O)cc21. The van der Waals surface area contributed by atoms with E-state index in [2.05, 4.69) is 20.8 Å². The van der Waals surface area contributed by atoms with Gasteiger partial charge in [-0.15, -0.1) is 0 Å². The maximum atomic E-state index is 10.9. The van der Waals surface area contributed by atoms with Gasteiger partial charge < -0.3 is 5.11 Å². The number of hydrogen-bond donors (Lipinski definition) is 1. The molecule has 0 saturated carbocycles. The molecular formula is C15H20O2. The van der Waals surface area contributed by atoms with Crippen molar-refractivity contribution >= 4 is 6.29 Å². The van der Waals surface area contributed by atoms with E-state index in [4.69, 9.17) is 0 Å². The smallest absolute Gasteiger partial charge is 0.153 e. The molecule has 1 N–H and O–H groups in total. The van der Waals surface area contributed by atoms with Gasteiger partial charge >= 0.3 is 0 Å². The van der Waals surface area contributed by atoms with Crippen LogP contribution in [-0.2, 0) is 0 Å². The minimum absolute atomic E-state index is 0.120. The van der Waals surface area contributed by atoms with Crippen molar-refractivity contribution in [3.05, 3.63) is 28.8 Å². The van der Waals surface area contributed by atoms with Crippen LogP contribution in [0.1, 0.15) is 66.9 Å². The normalized spacial score (nSPS) is 23.5. The Kier molecular flexibility index (Phi) is 3.23. The standard InChI is InChI=1S/C15H20O2/c1-9(2)12-5-4-10(3)13-7-15(17)11(8-16)6-14(12)13/h6-10,12,17H,4-5H2,1-3H3. The summed E-state index contributed by atoms with van der Waals surface area (Å²) in [5.74, 6) is 1.69. The van der Waals surface area contributed by atoms with Crippen molar-refractivity contribution in [1.29, 1.82) is 0 Å². The predicted octanol–water partition coefficient (Wildman–Crippen LogP) is 3.84. The second-order valence-corrected chi connectivity index (χ2v) is 5.49. The highest BCUT2D eigenvalue weighted by Gasteiger charge is 2.28. The number of fused-ring (bicyclic) bond motifs is 1. The molecule has 2 nitrogen and oxygen atoms in total. The zero-order chi connectivity index (χ0) is 12.6. The number of carbonyl (C=O) groups is 1. The van der Waals surface area contributed by atoms with Crippen LogP contribution in [0.15, 0.2) is 12.1 Å². The average molecular weight is 232 g/mol. The number of benzene rings is 1. The number of phenols is 1. The molecule has 17 heavy (non-hydrogen) atoms. The van der Waals surface area contributed by atoms with Gasteiger partial charge in [-0.1, -0.05) is 20.8 Å². The summed E-state index contributed by atoms with van der Waals surface area (Å²) < 4.78 is 0. The molecule has 2 rings (SSSR count). The van der Waals surface area contributed by atoms with E-state index >= 15 is 0 Å².